The summed E-state index contributed by atoms with van der Waals surface area (Å²) in [4.78, 5) is 30.4. The molecule has 0 N–H and O–H groups in total. The first-order valence-electron chi connectivity index (χ1n) is 38.2. The van der Waals surface area contributed by atoms with E-state index in [4.69, 9.17) is 18.9 Å². The van der Waals surface area contributed by atoms with Gasteiger partial charge in [0.2, 0.25) is 4.90 Å². The highest BCUT2D eigenvalue weighted by atomic mass is 32.2. The highest BCUT2D eigenvalue weighted by Gasteiger charge is 2.36. The molecule has 0 unspecified atom stereocenters. The molecule has 7 aromatic carbocycles. The number of esters is 1. The molecule has 4 heterocycles. The third-order valence-corrected chi connectivity index (χ3v) is 33.2. The highest BCUT2D eigenvalue weighted by Crippen LogP contribution is 2.43. The van der Waals surface area contributed by atoms with Crippen molar-refractivity contribution in [1.29, 1.82) is 0 Å². The molecule has 8 fully saturated rings. The van der Waals surface area contributed by atoms with Crippen molar-refractivity contribution in [3.63, 3.8) is 0 Å². The lowest BCUT2D eigenvalue weighted by Crippen LogP contribution is -2.21. The predicted molar refractivity (Wildman–Crippen MR) is 443 cm³/mol. The van der Waals surface area contributed by atoms with E-state index in [0.29, 0.717) is 40.0 Å². The number of fused-ring (bicyclic) bond motifs is 3. The highest BCUT2D eigenvalue weighted by molar-refractivity contribution is 7.98. The van der Waals surface area contributed by atoms with Crippen LogP contribution >= 0.6 is 0 Å². The summed E-state index contributed by atoms with van der Waals surface area (Å²) in [5.41, 5.74) is 2.98. The van der Waals surface area contributed by atoms with Crippen LogP contribution < -0.4 is 14.2 Å². The van der Waals surface area contributed by atoms with E-state index in [1.165, 1.54) is 276 Å². The van der Waals surface area contributed by atoms with Crippen molar-refractivity contribution in [1.82, 2.24) is 0 Å². The third-order valence-electron chi connectivity index (χ3n) is 21.9. The fourth-order valence-electron chi connectivity index (χ4n) is 16.5. The SMILES string of the molecule is CC(=O)c1ccc2c([S+]3CCCC3)c(OC3CCCCCC3)ccc2c1.COC(=O)c1cc([S+]2CCCC2)c2ccccc2c1OCC1CCCCC1.CS(=O)(=O)c1cccc2c(OC3CCCCC3)ccc([S+]3CCCCC3)c12.[CH3-].[CH3-].[CH3-].[CH3-].c1cc([S+]2CCCC2)ccc1CC1CCCCC1. The Hall–Kier alpha value is -4.79. The van der Waals surface area contributed by atoms with E-state index in [1.54, 1.807) is 23.4 Å². The van der Waals surface area contributed by atoms with Crippen LogP contribution in [0.3, 0.4) is 0 Å². The maximum atomic E-state index is 12.6. The van der Waals surface area contributed by atoms with Crippen LogP contribution in [0.15, 0.2) is 140 Å². The Bertz CT molecular complexity index is 3840. The number of carbonyl (C=O) groups excluding carboxylic acids is 2. The zero-order valence-electron chi connectivity index (χ0n) is 63.4. The summed E-state index contributed by atoms with van der Waals surface area (Å²) in [6.07, 6.45) is 42.5. The van der Waals surface area contributed by atoms with E-state index in [9.17, 15) is 18.0 Å². The van der Waals surface area contributed by atoms with E-state index in [-0.39, 0.29) is 80.2 Å². The summed E-state index contributed by atoms with van der Waals surface area (Å²) in [5, 5.41) is 6.67. The van der Waals surface area contributed by atoms with Crippen molar-refractivity contribution in [3.8, 4) is 17.2 Å². The van der Waals surface area contributed by atoms with Gasteiger partial charge in [0.1, 0.15) is 63.1 Å². The molecular formula is C89H124O8S5. The number of methoxy groups -OCH3 is 1. The number of sulfone groups is 1. The lowest BCUT2D eigenvalue weighted by Gasteiger charge is -2.24. The molecule has 8 aliphatic rings. The van der Waals surface area contributed by atoms with E-state index < -0.39 is 9.84 Å². The van der Waals surface area contributed by atoms with Gasteiger partial charge >= 0.3 is 5.97 Å². The van der Waals surface area contributed by atoms with Gasteiger partial charge in [0.15, 0.2) is 36.1 Å². The minimum absolute atomic E-state index is 0. The standard InChI is InChI=1S/C23H29O3S.C23H29O2S.C22H29O3S2.C17H25S.4CH3/c1-25-23(24)20-15-21(27-13-7-8-14-27)18-11-5-6-12-19(18)22(20)26-16-17-9-3-2-4-10-17;1-17(24)18-10-12-21-19(16-18)11-13-22(23(21)26-14-6-7-15-26)25-20-8-4-2-3-5-9-20;1-27(23,24)21-12-8-11-18-19(25-17-9-4-2-5-10-17)13-14-20(22(18)21)26-15-6-3-7-16-26;1-2-6-15(7-3-1)14-16-8-10-17(11-9-16)18-12-4-5-13-18;;;;/h5-6,11-12,15,17H,2-4,7-10,13-14,16H2,1H3;10-13,16,20H,2-9,14-15H2,1H3;8,11-14,17H,2-7,9-10,15-16H2,1H3;8-11,15H,1-7,12-14H2;4*1H3/q4*+1;4*-1. The van der Waals surface area contributed by atoms with E-state index in [1.807, 2.05) is 24.3 Å². The Balaban J connectivity index is 0.000000172. The number of hydrogen-bond acceptors (Lipinski definition) is 8. The van der Waals surface area contributed by atoms with E-state index in [2.05, 4.69) is 84.9 Å². The molecule has 0 atom stereocenters. The number of benzene rings is 7. The zero-order valence-corrected chi connectivity index (χ0v) is 67.5. The quantitative estimate of drug-likeness (QED) is 0.0310. The van der Waals surface area contributed by atoms with Gasteiger partial charge < -0.3 is 48.7 Å². The lowest BCUT2D eigenvalue weighted by atomic mass is 9.85. The minimum atomic E-state index is -3.29. The number of carbonyl (C=O) groups is 2. The zero-order chi connectivity index (χ0) is 67.6. The van der Waals surface area contributed by atoms with Crippen LogP contribution in [-0.2, 0) is 64.6 Å². The van der Waals surface area contributed by atoms with Crippen LogP contribution in [0.2, 0.25) is 0 Å². The molecule has 8 nitrogen and oxygen atoms in total. The number of rotatable bonds is 16. The van der Waals surface area contributed by atoms with Crippen molar-refractivity contribution < 1.29 is 37.0 Å². The van der Waals surface area contributed by atoms with Crippen molar-refractivity contribution >= 4 is 97.5 Å². The second-order valence-electron chi connectivity index (χ2n) is 29.2. The molecule has 15 rings (SSSR count). The summed E-state index contributed by atoms with van der Waals surface area (Å²) in [6.45, 7) is 2.34. The van der Waals surface area contributed by atoms with Crippen molar-refractivity contribution in [2.75, 3.05) is 66.0 Å². The second-order valence-corrected chi connectivity index (χ2v) is 40.2. The third kappa shape index (κ3) is 21.9. The Morgan fingerprint density at radius 2 is 0.941 bits per heavy atom. The topological polar surface area (TPSA) is 105 Å². The molecule has 4 saturated heterocycles. The number of ketones is 1. The first-order chi connectivity index (χ1) is 47.9. The van der Waals surface area contributed by atoms with Gasteiger partial charge in [0.05, 0.1) is 36.2 Å². The van der Waals surface area contributed by atoms with Gasteiger partial charge in [-0.25, -0.2) is 13.2 Å². The Labute approximate surface area is 629 Å². The molecule has 0 bridgehead atoms. The van der Waals surface area contributed by atoms with Crippen molar-refractivity contribution in [3.05, 3.63) is 162 Å². The van der Waals surface area contributed by atoms with Gasteiger partial charge in [-0.05, 0) is 213 Å². The van der Waals surface area contributed by atoms with E-state index >= 15 is 0 Å². The first kappa shape index (κ1) is 82.9. The van der Waals surface area contributed by atoms with Gasteiger partial charge in [0, 0.05) is 83.0 Å². The summed E-state index contributed by atoms with van der Waals surface area (Å²) in [7, 11) is -0.588. The largest absolute Gasteiger partial charge is 0.492 e. The van der Waals surface area contributed by atoms with Gasteiger partial charge in [-0.15, -0.1) is 0 Å². The Morgan fingerprint density at radius 1 is 0.451 bits per heavy atom. The number of hydrogen-bond donors (Lipinski definition) is 0. The molecular weight excluding hydrogens is 1360 g/mol. The summed E-state index contributed by atoms with van der Waals surface area (Å²) < 4.78 is 49.5. The van der Waals surface area contributed by atoms with Gasteiger partial charge in [-0.2, -0.15) is 0 Å². The van der Waals surface area contributed by atoms with Gasteiger partial charge in [0.25, 0.3) is 0 Å². The second kappa shape index (κ2) is 41.4. The summed E-state index contributed by atoms with van der Waals surface area (Å²) in [5.74, 6) is 14.4. The van der Waals surface area contributed by atoms with E-state index in [0.717, 1.165) is 57.7 Å². The fraction of sp³-hybridized carbons (Fsp3) is 0.528. The van der Waals surface area contributed by atoms with Crippen molar-refractivity contribution in [2.24, 2.45) is 11.8 Å². The molecule has 4 saturated carbocycles. The van der Waals surface area contributed by atoms with Crippen LogP contribution in [0.1, 0.15) is 226 Å². The monoisotopic (exact) mass is 1480 g/mol. The number of ether oxygens (including phenoxy) is 4. The summed E-state index contributed by atoms with van der Waals surface area (Å²) in [6, 6.07) is 40.6. The molecule has 4 aliphatic heterocycles. The smallest absolute Gasteiger partial charge is 0.341 e. The molecule has 13 heteroatoms. The number of Topliss-reactive ketones (excluding diaryl/α,β-unsaturated/α-hetero) is 1. The molecule has 0 aromatic heterocycles. The van der Waals surface area contributed by atoms with Crippen LogP contribution in [-0.4, -0.2) is 98.4 Å². The van der Waals surface area contributed by atoms with Gasteiger partial charge in [-0.3, -0.25) is 4.79 Å². The molecule has 7 aromatic rings. The van der Waals surface area contributed by atoms with Crippen LogP contribution in [0.5, 0.6) is 17.2 Å². The fourth-order valence-corrected chi connectivity index (χ4v) is 27.4. The molecule has 0 radical (unpaired) electrons. The Morgan fingerprint density at radius 3 is 1.52 bits per heavy atom. The van der Waals surface area contributed by atoms with Crippen LogP contribution in [0, 0.1) is 41.5 Å². The van der Waals surface area contributed by atoms with Gasteiger partial charge in [-0.1, -0.05) is 125 Å². The molecule has 558 valence electrons. The first-order valence-corrected chi connectivity index (χ1v) is 46.3. The Kier molecular flexibility index (Phi) is 33.6. The normalized spacial score (nSPS) is 19.2. The average Bonchev–Trinajstić information content (AvgIpc) is 0.806. The lowest BCUT2D eigenvalue weighted by molar-refractivity contribution is 0.0594. The molecule has 0 amide bonds. The maximum Gasteiger partial charge on any atom is 0.341 e. The van der Waals surface area contributed by atoms with Crippen LogP contribution in [0.25, 0.3) is 32.3 Å². The minimum Gasteiger partial charge on any atom is -0.492 e. The summed E-state index contributed by atoms with van der Waals surface area (Å²) >= 11 is 0. The molecule has 102 heavy (non-hydrogen) atoms. The molecule has 0 spiro atoms. The average molecular weight is 1480 g/mol. The maximum absolute atomic E-state index is 12.6. The molecule has 4 aliphatic carbocycles. The van der Waals surface area contributed by atoms with Crippen LogP contribution in [0.4, 0.5) is 0 Å². The van der Waals surface area contributed by atoms with Crippen molar-refractivity contribution in [2.45, 2.75) is 243 Å². The predicted octanol–water partition coefficient (Wildman–Crippen LogP) is 22.8.